The number of nitrogens with one attached hydrogen (secondary N) is 2. The Labute approximate surface area is 213 Å². The van der Waals surface area contributed by atoms with Crippen molar-refractivity contribution in [3.8, 4) is 17.1 Å². The number of benzene rings is 2. The number of piperidine rings is 1. The van der Waals surface area contributed by atoms with Crippen LogP contribution < -0.4 is 10.1 Å². The average molecular weight is 536 g/mol. The van der Waals surface area contributed by atoms with Gasteiger partial charge in [-0.3, -0.25) is 9.89 Å². The molecule has 1 fully saturated rings. The monoisotopic (exact) mass is 535 g/mol. The first-order valence-electron chi connectivity index (χ1n) is 11.1. The van der Waals surface area contributed by atoms with Gasteiger partial charge >= 0.3 is 0 Å². The summed E-state index contributed by atoms with van der Waals surface area (Å²) in [5, 5.41) is 10.9. The Morgan fingerprint density at radius 3 is 2.83 bits per heavy atom. The van der Waals surface area contributed by atoms with E-state index < -0.39 is 15.9 Å². The second-order valence-corrected chi connectivity index (χ2v) is 11.4. The third kappa shape index (κ3) is 6.16. The summed E-state index contributed by atoms with van der Waals surface area (Å²) in [7, 11) is -2.30. The van der Waals surface area contributed by atoms with Crippen LogP contribution in [0.5, 0.6) is 5.75 Å². The van der Waals surface area contributed by atoms with Gasteiger partial charge < -0.3 is 10.1 Å². The molecule has 1 aromatic heterocycles. The Bertz CT molecular complexity index is 1270. The standard InChI is InChI=1S/C23H26ClN5O4S2/c1-33-20-10-9-18(14-19(20)24)35(31,32)29-12-5-8-17(15-29)22(30)25-11-13-34-23-26-21(27-28-23)16-6-3-2-4-7-16/h2-4,6-7,9-10,14,17H,5,8,11-13,15H2,1H3,(H,25,30)(H,26,27,28)/t17-/m0/s1. The SMILES string of the molecule is COc1ccc(S(=O)(=O)N2CCC[C@H](C(=O)NCCSc3n[nH]c(-c4ccccc4)n3)C2)cc1Cl. The minimum Gasteiger partial charge on any atom is -0.495 e. The highest BCUT2D eigenvalue weighted by atomic mass is 35.5. The summed E-state index contributed by atoms with van der Waals surface area (Å²) in [6, 6.07) is 14.1. The van der Waals surface area contributed by atoms with Crippen LogP contribution in [-0.4, -0.2) is 66.3 Å². The van der Waals surface area contributed by atoms with E-state index in [1.54, 1.807) is 0 Å². The van der Waals surface area contributed by atoms with E-state index in [0.717, 1.165) is 5.56 Å². The molecule has 1 saturated heterocycles. The summed E-state index contributed by atoms with van der Waals surface area (Å²) in [5.74, 6) is 1.12. The first-order chi connectivity index (χ1) is 16.9. The normalized spacial score (nSPS) is 16.7. The van der Waals surface area contributed by atoms with Gasteiger partial charge in [-0.2, -0.15) is 4.31 Å². The zero-order valence-electron chi connectivity index (χ0n) is 19.1. The maximum absolute atomic E-state index is 13.1. The van der Waals surface area contributed by atoms with Gasteiger partial charge in [-0.05, 0) is 31.0 Å². The van der Waals surface area contributed by atoms with E-state index in [0.29, 0.717) is 48.4 Å². The minimum absolute atomic E-state index is 0.0853. The predicted octanol–water partition coefficient (Wildman–Crippen LogP) is 3.44. The van der Waals surface area contributed by atoms with Crippen LogP contribution in [0.15, 0.2) is 58.6 Å². The molecule has 2 heterocycles. The van der Waals surface area contributed by atoms with Gasteiger partial charge in [0.15, 0.2) is 5.82 Å². The largest absolute Gasteiger partial charge is 0.495 e. The van der Waals surface area contributed by atoms with E-state index in [1.165, 1.54) is 41.4 Å². The number of sulfonamides is 1. The molecule has 2 aromatic carbocycles. The summed E-state index contributed by atoms with van der Waals surface area (Å²) in [4.78, 5) is 17.3. The van der Waals surface area contributed by atoms with Crippen molar-refractivity contribution in [2.24, 2.45) is 5.92 Å². The number of halogens is 1. The number of methoxy groups -OCH3 is 1. The number of thioether (sulfide) groups is 1. The van der Waals surface area contributed by atoms with Crippen molar-refractivity contribution >= 4 is 39.3 Å². The number of carbonyl (C=O) groups is 1. The van der Waals surface area contributed by atoms with Crippen molar-refractivity contribution in [1.82, 2.24) is 24.8 Å². The van der Waals surface area contributed by atoms with Crippen LogP contribution in [0.25, 0.3) is 11.4 Å². The highest BCUT2D eigenvalue weighted by Gasteiger charge is 2.33. The van der Waals surface area contributed by atoms with Gasteiger partial charge in [0.1, 0.15) is 5.75 Å². The summed E-state index contributed by atoms with van der Waals surface area (Å²) in [5.41, 5.74) is 0.953. The molecule has 1 aliphatic rings. The maximum Gasteiger partial charge on any atom is 0.243 e. The fraction of sp³-hybridized carbons (Fsp3) is 0.348. The highest BCUT2D eigenvalue weighted by Crippen LogP contribution is 2.30. The first kappa shape index (κ1) is 25.5. The molecule has 1 amide bonds. The number of H-pyrrole nitrogens is 1. The lowest BCUT2D eigenvalue weighted by Crippen LogP contribution is -2.45. The van der Waals surface area contributed by atoms with Crippen LogP contribution in [0.4, 0.5) is 0 Å². The summed E-state index contributed by atoms with van der Waals surface area (Å²) < 4.78 is 32.7. The van der Waals surface area contributed by atoms with Crippen molar-refractivity contribution in [3.63, 3.8) is 0 Å². The Morgan fingerprint density at radius 2 is 2.09 bits per heavy atom. The molecule has 9 nitrogen and oxygen atoms in total. The number of nitrogens with zero attached hydrogens (tertiary/aromatic N) is 3. The minimum atomic E-state index is -3.77. The molecule has 186 valence electrons. The number of rotatable bonds is 9. The molecule has 0 saturated carbocycles. The molecule has 0 unspecified atom stereocenters. The van der Waals surface area contributed by atoms with Gasteiger partial charge in [0.2, 0.25) is 21.1 Å². The second-order valence-electron chi connectivity index (χ2n) is 7.97. The lowest BCUT2D eigenvalue weighted by atomic mass is 9.99. The van der Waals surface area contributed by atoms with Crippen LogP contribution in [-0.2, 0) is 14.8 Å². The first-order valence-corrected chi connectivity index (χ1v) is 13.9. The lowest BCUT2D eigenvalue weighted by molar-refractivity contribution is -0.125. The van der Waals surface area contributed by atoms with Crippen LogP contribution in [0.2, 0.25) is 5.02 Å². The molecule has 0 radical (unpaired) electrons. The quantitative estimate of drug-likeness (QED) is 0.318. The number of hydrogen-bond donors (Lipinski definition) is 2. The molecule has 0 bridgehead atoms. The van der Waals surface area contributed by atoms with Gasteiger partial charge in [-0.15, -0.1) is 5.10 Å². The van der Waals surface area contributed by atoms with E-state index in [4.69, 9.17) is 16.3 Å². The number of carbonyl (C=O) groups excluding carboxylic acids is 1. The zero-order chi connectivity index (χ0) is 24.8. The van der Waals surface area contributed by atoms with Crippen molar-refractivity contribution in [2.75, 3.05) is 32.5 Å². The van der Waals surface area contributed by atoms with Gasteiger partial charge in [0.05, 0.1) is 22.9 Å². The van der Waals surface area contributed by atoms with Crippen molar-refractivity contribution in [1.29, 1.82) is 0 Å². The van der Waals surface area contributed by atoms with Crippen LogP contribution in [0.3, 0.4) is 0 Å². The van der Waals surface area contributed by atoms with E-state index in [-0.39, 0.29) is 22.4 Å². The van der Waals surface area contributed by atoms with Crippen molar-refractivity contribution < 1.29 is 17.9 Å². The molecule has 3 aromatic rings. The summed E-state index contributed by atoms with van der Waals surface area (Å²) in [6.45, 7) is 0.919. The van der Waals surface area contributed by atoms with E-state index in [1.807, 2.05) is 30.3 Å². The topological polar surface area (TPSA) is 117 Å². The Hall–Kier alpha value is -2.60. The number of amides is 1. The van der Waals surface area contributed by atoms with E-state index in [2.05, 4.69) is 20.5 Å². The molecule has 1 aliphatic heterocycles. The predicted molar refractivity (Wildman–Crippen MR) is 135 cm³/mol. The molecule has 4 rings (SSSR count). The average Bonchev–Trinajstić information content (AvgIpc) is 3.36. The van der Waals surface area contributed by atoms with Crippen LogP contribution >= 0.6 is 23.4 Å². The van der Waals surface area contributed by atoms with E-state index in [9.17, 15) is 13.2 Å². The Morgan fingerprint density at radius 1 is 1.29 bits per heavy atom. The third-order valence-corrected chi connectivity index (χ3v) is 8.67. The van der Waals surface area contributed by atoms with Crippen molar-refractivity contribution in [2.45, 2.75) is 22.9 Å². The lowest BCUT2D eigenvalue weighted by Gasteiger charge is -2.31. The van der Waals surface area contributed by atoms with Gasteiger partial charge in [0, 0.05) is 31.0 Å². The third-order valence-electron chi connectivity index (χ3n) is 5.66. The molecule has 2 N–H and O–H groups in total. The highest BCUT2D eigenvalue weighted by molar-refractivity contribution is 7.99. The molecular formula is C23H26ClN5O4S2. The fourth-order valence-corrected chi connectivity index (χ4v) is 6.35. The Kier molecular flexibility index (Phi) is 8.32. The number of ether oxygens (including phenoxy) is 1. The molecule has 1 atom stereocenters. The van der Waals surface area contributed by atoms with E-state index >= 15 is 0 Å². The number of aromatic nitrogens is 3. The molecule has 0 spiro atoms. The number of hydrogen-bond acceptors (Lipinski definition) is 7. The van der Waals surface area contributed by atoms with Crippen molar-refractivity contribution in [3.05, 3.63) is 53.6 Å². The van der Waals surface area contributed by atoms with Gasteiger partial charge in [0.25, 0.3) is 0 Å². The van der Waals surface area contributed by atoms with Gasteiger partial charge in [-0.25, -0.2) is 13.4 Å². The smallest absolute Gasteiger partial charge is 0.243 e. The van der Waals surface area contributed by atoms with Gasteiger partial charge in [-0.1, -0.05) is 53.7 Å². The molecule has 35 heavy (non-hydrogen) atoms. The summed E-state index contributed by atoms with van der Waals surface area (Å²) >= 11 is 7.55. The molecule has 12 heteroatoms. The number of aromatic amines is 1. The summed E-state index contributed by atoms with van der Waals surface area (Å²) in [6.07, 6.45) is 1.24. The maximum atomic E-state index is 13.1. The zero-order valence-corrected chi connectivity index (χ0v) is 21.5. The Balaban J connectivity index is 1.28. The van der Waals surface area contributed by atoms with Crippen LogP contribution in [0.1, 0.15) is 12.8 Å². The van der Waals surface area contributed by atoms with Crippen LogP contribution in [0, 0.1) is 5.92 Å². The molecular weight excluding hydrogens is 510 g/mol. The second kappa shape index (κ2) is 11.4. The molecule has 0 aliphatic carbocycles. The fourth-order valence-electron chi connectivity index (χ4n) is 3.83.